The van der Waals surface area contributed by atoms with E-state index in [0.29, 0.717) is 5.75 Å². The fraction of sp³-hybridized carbons (Fsp3) is 0.455. The predicted octanol–water partition coefficient (Wildman–Crippen LogP) is 2.36. The van der Waals surface area contributed by atoms with Gasteiger partial charge in [0.05, 0.1) is 0 Å². The lowest BCUT2D eigenvalue weighted by Crippen LogP contribution is -2.09. The standard InChI is InChI=1S/C11H16FNO/c1-8-3-4-10(9(2)13)11(7-8)14-6-5-12/h3-4,7,9H,5-6,13H2,1-2H3/t9-/m0/s1. The first-order valence-electron chi connectivity index (χ1n) is 4.70. The number of rotatable bonds is 4. The molecular weight excluding hydrogens is 181 g/mol. The van der Waals surface area contributed by atoms with Crippen molar-refractivity contribution >= 4 is 0 Å². The van der Waals surface area contributed by atoms with Crippen molar-refractivity contribution in [1.82, 2.24) is 0 Å². The summed E-state index contributed by atoms with van der Waals surface area (Å²) in [4.78, 5) is 0. The van der Waals surface area contributed by atoms with Gasteiger partial charge in [-0.2, -0.15) is 0 Å². The smallest absolute Gasteiger partial charge is 0.124 e. The van der Waals surface area contributed by atoms with Crippen molar-refractivity contribution in [2.45, 2.75) is 19.9 Å². The average Bonchev–Trinajstić information content (AvgIpc) is 2.14. The van der Waals surface area contributed by atoms with Gasteiger partial charge >= 0.3 is 0 Å². The van der Waals surface area contributed by atoms with E-state index in [9.17, 15) is 4.39 Å². The molecule has 0 radical (unpaired) electrons. The zero-order valence-electron chi connectivity index (χ0n) is 8.59. The van der Waals surface area contributed by atoms with Gasteiger partial charge in [-0.15, -0.1) is 0 Å². The van der Waals surface area contributed by atoms with Gasteiger partial charge in [-0.1, -0.05) is 12.1 Å². The Bertz CT molecular complexity index is 299. The van der Waals surface area contributed by atoms with Crippen LogP contribution in [0.5, 0.6) is 5.75 Å². The van der Waals surface area contributed by atoms with Crippen molar-refractivity contribution in [1.29, 1.82) is 0 Å². The molecule has 78 valence electrons. The Hall–Kier alpha value is -1.09. The van der Waals surface area contributed by atoms with E-state index in [1.807, 2.05) is 32.0 Å². The lowest BCUT2D eigenvalue weighted by Gasteiger charge is -2.13. The highest BCUT2D eigenvalue weighted by molar-refractivity contribution is 5.38. The second kappa shape index (κ2) is 4.96. The normalized spacial score (nSPS) is 12.6. The zero-order valence-corrected chi connectivity index (χ0v) is 8.59. The van der Waals surface area contributed by atoms with Crippen LogP contribution in [0, 0.1) is 6.92 Å². The van der Waals surface area contributed by atoms with Crippen molar-refractivity contribution in [3.63, 3.8) is 0 Å². The second-order valence-corrected chi connectivity index (χ2v) is 3.37. The number of halogens is 1. The molecule has 0 fully saturated rings. The number of nitrogens with two attached hydrogens (primary N) is 1. The molecule has 1 aromatic carbocycles. The Morgan fingerprint density at radius 3 is 2.79 bits per heavy atom. The van der Waals surface area contributed by atoms with Gasteiger partial charge in [0.2, 0.25) is 0 Å². The van der Waals surface area contributed by atoms with E-state index in [1.165, 1.54) is 0 Å². The van der Waals surface area contributed by atoms with Gasteiger partial charge < -0.3 is 10.5 Å². The van der Waals surface area contributed by atoms with Crippen LogP contribution >= 0.6 is 0 Å². The Labute approximate surface area is 83.9 Å². The molecule has 2 N–H and O–H groups in total. The van der Waals surface area contributed by atoms with Crippen molar-refractivity contribution in [2.75, 3.05) is 13.3 Å². The van der Waals surface area contributed by atoms with Crippen LogP contribution in [0.15, 0.2) is 18.2 Å². The molecule has 1 rings (SSSR count). The Balaban J connectivity index is 2.91. The number of ether oxygens (including phenoxy) is 1. The minimum atomic E-state index is -0.480. The van der Waals surface area contributed by atoms with Crippen LogP contribution in [0.2, 0.25) is 0 Å². The molecule has 0 spiro atoms. The highest BCUT2D eigenvalue weighted by Gasteiger charge is 2.07. The Morgan fingerprint density at radius 2 is 2.21 bits per heavy atom. The number of alkyl halides is 1. The summed E-state index contributed by atoms with van der Waals surface area (Å²) >= 11 is 0. The molecule has 0 aliphatic carbocycles. The van der Waals surface area contributed by atoms with E-state index in [-0.39, 0.29) is 12.6 Å². The minimum absolute atomic E-state index is 0.0865. The SMILES string of the molecule is Cc1ccc([C@H](C)N)c(OCCF)c1. The summed E-state index contributed by atoms with van der Waals surface area (Å²) in [6.07, 6.45) is 0. The second-order valence-electron chi connectivity index (χ2n) is 3.37. The van der Waals surface area contributed by atoms with Crippen LogP contribution in [0.4, 0.5) is 4.39 Å². The minimum Gasteiger partial charge on any atom is -0.491 e. The molecule has 0 aromatic heterocycles. The average molecular weight is 197 g/mol. The van der Waals surface area contributed by atoms with Crippen LogP contribution in [-0.2, 0) is 0 Å². The maximum atomic E-state index is 12.0. The van der Waals surface area contributed by atoms with E-state index in [4.69, 9.17) is 10.5 Å². The first kappa shape index (κ1) is 11.0. The highest BCUT2D eigenvalue weighted by Crippen LogP contribution is 2.24. The summed E-state index contributed by atoms with van der Waals surface area (Å²) in [6.45, 7) is 3.45. The summed E-state index contributed by atoms with van der Waals surface area (Å²) in [5.74, 6) is 0.692. The summed E-state index contributed by atoms with van der Waals surface area (Å²) < 4.78 is 17.2. The molecule has 3 heteroatoms. The Kier molecular flexibility index (Phi) is 3.89. The van der Waals surface area contributed by atoms with Crippen molar-refractivity contribution < 1.29 is 9.13 Å². The topological polar surface area (TPSA) is 35.2 Å². The molecule has 1 atom stereocenters. The van der Waals surface area contributed by atoms with E-state index in [2.05, 4.69) is 0 Å². The fourth-order valence-corrected chi connectivity index (χ4v) is 1.29. The summed E-state index contributed by atoms with van der Waals surface area (Å²) in [6, 6.07) is 5.69. The molecule has 14 heavy (non-hydrogen) atoms. The summed E-state index contributed by atoms with van der Waals surface area (Å²) in [5.41, 5.74) is 7.77. The van der Waals surface area contributed by atoms with Gasteiger partial charge in [0.15, 0.2) is 0 Å². The third kappa shape index (κ3) is 2.70. The van der Waals surface area contributed by atoms with Gasteiger partial charge in [-0.05, 0) is 25.5 Å². The van der Waals surface area contributed by atoms with Crippen LogP contribution in [0.3, 0.4) is 0 Å². The summed E-state index contributed by atoms with van der Waals surface area (Å²) in [5, 5.41) is 0. The number of aryl methyl sites for hydroxylation is 1. The number of hydrogen-bond donors (Lipinski definition) is 1. The summed E-state index contributed by atoms with van der Waals surface area (Å²) in [7, 11) is 0. The van der Waals surface area contributed by atoms with Gasteiger partial charge in [0.25, 0.3) is 0 Å². The molecule has 0 aliphatic heterocycles. The van der Waals surface area contributed by atoms with Gasteiger partial charge in [-0.25, -0.2) is 4.39 Å². The van der Waals surface area contributed by atoms with Crippen LogP contribution in [0.25, 0.3) is 0 Å². The fourth-order valence-electron chi connectivity index (χ4n) is 1.29. The van der Waals surface area contributed by atoms with E-state index in [1.54, 1.807) is 0 Å². The highest BCUT2D eigenvalue weighted by atomic mass is 19.1. The van der Waals surface area contributed by atoms with Crippen LogP contribution in [0.1, 0.15) is 24.1 Å². The molecule has 0 unspecified atom stereocenters. The third-order valence-electron chi connectivity index (χ3n) is 1.99. The van der Waals surface area contributed by atoms with Crippen LogP contribution in [-0.4, -0.2) is 13.3 Å². The molecule has 1 aromatic rings. The lowest BCUT2D eigenvalue weighted by molar-refractivity contribution is 0.270. The maximum Gasteiger partial charge on any atom is 0.124 e. The molecule has 0 amide bonds. The van der Waals surface area contributed by atoms with Crippen molar-refractivity contribution in [2.24, 2.45) is 5.73 Å². The molecule has 2 nitrogen and oxygen atoms in total. The van der Waals surface area contributed by atoms with E-state index < -0.39 is 6.67 Å². The lowest BCUT2D eigenvalue weighted by atomic mass is 10.1. The molecular formula is C11H16FNO. The zero-order chi connectivity index (χ0) is 10.6. The number of benzene rings is 1. The van der Waals surface area contributed by atoms with E-state index >= 15 is 0 Å². The van der Waals surface area contributed by atoms with Crippen molar-refractivity contribution in [3.05, 3.63) is 29.3 Å². The maximum absolute atomic E-state index is 12.0. The largest absolute Gasteiger partial charge is 0.491 e. The van der Waals surface area contributed by atoms with Gasteiger partial charge in [-0.3, -0.25) is 0 Å². The molecule has 0 bridgehead atoms. The first-order valence-corrected chi connectivity index (χ1v) is 4.70. The number of hydrogen-bond acceptors (Lipinski definition) is 2. The Morgan fingerprint density at radius 1 is 1.50 bits per heavy atom. The molecule has 0 aliphatic rings. The third-order valence-corrected chi connectivity index (χ3v) is 1.99. The molecule has 0 saturated heterocycles. The van der Waals surface area contributed by atoms with Crippen LogP contribution < -0.4 is 10.5 Å². The molecule has 0 saturated carbocycles. The van der Waals surface area contributed by atoms with Crippen molar-refractivity contribution in [3.8, 4) is 5.75 Å². The first-order chi connectivity index (χ1) is 6.65. The van der Waals surface area contributed by atoms with Gasteiger partial charge in [0, 0.05) is 11.6 Å². The monoisotopic (exact) mass is 197 g/mol. The van der Waals surface area contributed by atoms with E-state index in [0.717, 1.165) is 11.1 Å². The molecule has 0 heterocycles. The van der Waals surface area contributed by atoms with Gasteiger partial charge in [0.1, 0.15) is 19.0 Å². The quantitative estimate of drug-likeness (QED) is 0.804. The predicted molar refractivity (Wildman–Crippen MR) is 55.3 cm³/mol.